The molecule has 0 spiro atoms. The first-order valence-electron chi connectivity index (χ1n) is 7.45. The number of ether oxygens (including phenoxy) is 1. The highest BCUT2D eigenvalue weighted by Gasteiger charge is 2.29. The molecule has 2 saturated heterocycles. The molecule has 1 N–H and O–H groups in total. The van der Waals surface area contributed by atoms with E-state index in [2.05, 4.69) is 12.2 Å². The Morgan fingerprint density at radius 1 is 1.28 bits per heavy atom. The molecule has 0 bridgehead atoms. The molecule has 18 heavy (non-hydrogen) atoms. The fraction of sp³-hybridized carbons (Fsp3) is 0.929. The zero-order chi connectivity index (χ0) is 12.8. The van der Waals surface area contributed by atoms with Gasteiger partial charge in [0.1, 0.15) is 6.10 Å². The number of likely N-dealkylation sites (tertiary alicyclic amines) is 1. The molecular weight excluding hydrogens is 228 g/mol. The molecule has 0 radical (unpaired) electrons. The van der Waals surface area contributed by atoms with Gasteiger partial charge in [-0.2, -0.15) is 0 Å². The molecule has 0 aliphatic carbocycles. The Hall–Kier alpha value is -0.610. The molecule has 1 amide bonds. The number of nitrogens with one attached hydrogen (secondary N) is 1. The Labute approximate surface area is 110 Å². The SMILES string of the molecule is CCCNC1CCN(C(=O)C2CCCCO2)CC1. The number of hydrogen-bond donors (Lipinski definition) is 1. The van der Waals surface area contributed by atoms with Gasteiger partial charge in [-0.15, -0.1) is 0 Å². The molecule has 0 aromatic rings. The van der Waals surface area contributed by atoms with E-state index in [9.17, 15) is 4.79 Å². The predicted molar refractivity (Wildman–Crippen MR) is 71.5 cm³/mol. The molecule has 1 unspecified atom stereocenters. The number of amides is 1. The van der Waals surface area contributed by atoms with Crippen molar-refractivity contribution in [1.82, 2.24) is 10.2 Å². The van der Waals surface area contributed by atoms with E-state index in [1.807, 2.05) is 4.90 Å². The highest BCUT2D eigenvalue weighted by atomic mass is 16.5. The first-order chi connectivity index (χ1) is 8.81. The Morgan fingerprint density at radius 2 is 2.06 bits per heavy atom. The van der Waals surface area contributed by atoms with Crippen molar-refractivity contribution < 1.29 is 9.53 Å². The fourth-order valence-electron chi connectivity index (χ4n) is 2.79. The second-order valence-corrected chi connectivity index (χ2v) is 5.41. The first kappa shape index (κ1) is 13.8. The Balaban J connectivity index is 1.73. The molecule has 0 saturated carbocycles. The van der Waals surface area contributed by atoms with Gasteiger partial charge in [-0.3, -0.25) is 4.79 Å². The van der Waals surface area contributed by atoms with Gasteiger partial charge in [0, 0.05) is 25.7 Å². The average Bonchev–Trinajstić information content (AvgIpc) is 2.46. The summed E-state index contributed by atoms with van der Waals surface area (Å²) in [5.74, 6) is 0.226. The van der Waals surface area contributed by atoms with Gasteiger partial charge in [-0.05, 0) is 45.1 Å². The summed E-state index contributed by atoms with van der Waals surface area (Å²) in [6.07, 6.45) is 6.33. The van der Waals surface area contributed by atoms with Gasteiger partial charge in [-0.25, -0.2) is 0 Å². The maximum atomic E-state index is 12.3. The first-order valence-corrected chi connectivity index (χ1v) is 7.45. The quantitative estimate of drug-likeness (QED) is 0.827. The van der Waals surface area contributed by atoms with Gasteiger partial charge in [0.15, 0.2) is 0 Å². The van der Waals surface area contributed by atoms with Gasteiger partial charge in [0.25, 0.3) is 5.91 Å². The molecule has 104 valence electrons. The maximum Gasteiger partial charge on any atom is 0.251 e. The normalized spacial score (nSPS) is 26.3. The molecule has 0 aromatic heterocycles. The molecule has 2 heterocycles. The Morgan fingerprint density at radius 3 is 2.67 bits per heavy atom. The fourth-order valence-corrected chi connectivity index (χ4v) is 2.79. The van der Waals surface area contributed by atoms with Crippen LogP contribution >= 0.6 is 0 Å². The van der Waals surface area contributed by atoms with Crippen molar-refractivity contribution in [2.45, 2.75) is 57.6 Å². The van der Waals surface area contributed by atoms with Crippen LogP contribution < -0.4 is 5.32 Å². The lowest BCUT2D eigenvalue weighted by molar-refractivity contribution is -0.147. The van der Waals surface area contributed by atoms with Crippen LogP contribution in [0, 0.1) is 0 Å². The average molecular weight is 254 g/mol. The smallest absolute Gasteiger partial charge is 0.251 e. The molecule has 2 aliphatic heterocycles. The lowest BCUT2D eigenvalue weighted by Gasteiger charge is -2.35. The van der Waals surface area contributed by atoms with E-state index in [0.717, 1.165) is 58.3 Å². The van der Waals surface area contributed by atoms with E-state index in [-0.39, 0.29) is 12.0 Å². The highest BCUT2D eigenvalue weighted by molar-refractivity contribution is 5.81. The van der Waals surface area contributed by atoms with E-state index in [1.165, 1.54) is 6.42 Å². The van der Waals surface area contributed by atoms with Crippen molar-refractivity contribution in [2.24, 2.45) is 0 Å². The van der Waals surface area contributed by atoms with Gasteiger partial charge >= 0.3 is 0 Å². The van der Waals surface area contributed by atoms with Crippen LogP contribution in [0.1, 0.15) is 45.4 Å². The number of piperidine rings is 1. The van der Waals surface area contributed by atoms with Crippen LogP contribution in [0.25, 0.3) is 0 Å². The summed E-state index contributed by atoms with van der Waals surface area (Å²) < 4.78 is 5.58. The molecule has 0 aromatic carbocycles. The minimum absolute atomic E-state index is 0.154. The molecule has 2 aliphatic rings. The third kappa shape index (κ3) is 3.69. The van der Waals surface area contributed by atoms with Crippen LogP contribution in [-0.4, -0.2) is 49.2 Å². The summed E-state index contributed by atoms with van der Waals surface area (Å²) >= 11 is 0. The van der Waals surface area contributed by atoms with Crippen LogP contribution in [0.4, 0.5) is 0 Å². The topological polar surface area (TPSA) is 41.6 Å². The minimum atomic E-state index is -0.154. The third-order valence-electron chi connectivity index (χ3n) is 3.94. The number of carbonyl (C=O) groups is 1. The molecule has 4 nitrogen and oxygen atoms in total. The second kappa shape index (κ2) is 7.10. The van der Waals surface area contributed by atoms with Gasteiger partial charge < -0.3 is 15.0 Å². The van der Waals surface area contributed by atoms with Crippen LogP contribution in [0.3, 0.4) is 0 Å². The van der Waals surface area contributed by atoms with Crippen molar-refractivity contribution in [3.8, 4) is 0 Å². The summed E-state index contributed by atoms with van der Waals surface area (Å²) in [5.41, 5.74) is 0. The molecule has 1 atom stereocenters. The van der Waals surface area contributed by atoms with Gasteiger partial charge in [-0.1, -0.05) is 6.92 Å². The van der Waals surface area contributed by atoms with Crippen molar-refractivity contribution in [3.63, 3.8) is 0 Å². The van der Waals surface area contributed by atoms with Crippen LogP contribution in [0.2, 0.25) is 0 Å². The van der Waals surface area contributed by atoms with Gasteiger partial charge in [0.05, 0.1) is 0 Å². The Bertz CT molecular complexity index is 257. The van der Waals surface area contributed by atoms with Crippen LogP contribution in [-0.2, 0) is 9.53 Å². The molecular formula is C14H26N2O2. The van der Waals surface area contributed by atoms with Crippen molar-refractivity contribution in [1.29, 1.82) is 0 Å². The lowest BCUT2D eigenvalue weighted by atomic mass is 10.0. The maximum absolute atomic E-state index is 12.3. The summed E-state index contributed by atoms with van der Waals surface area (Å²) in [6, 6.07) is 0.598. The van der Waals surface area contributed by atoms with Crippen molar-refractivity contribution >= 4 is 5.91 Å². The number of nitrogens with zero attached hydrogens (tertiary/aromatic N) is 1. The van der Waals surface area contributed by atoms with Crippen LogP contribution in [0.5, 0.6) is 0 Å². The van der Waals surface area contributed by atoms with E-state index < -0.39 is 0 Å². The summed E-state index contributed by atoms with van der Waals surface area (Å²) in [5, 5.41) is 3.54. The number of carbonyl (C=O) groups excluding carboxylic acids is 1. The summed E-state index contributed by atoms with van der Waals surface area (Å²) in [7, 11) is 0. The Kier molecular flexibility index (Phi) is 5.45. The number of rotatable bonds is 4. The van der Waals surface area contributed by atoms with E-state index >= 15 is 0 Å². The van der Waals surface area contributed by atoms with E-state index in [1.54, 1.807) is 0 Å². The molecule has 2 rings (SSSR count). The van der Waals surface area contributed by atoms with Crippen LogP contribution in [0.15, 0.2) is 0 Å². The van der Waals surface area contributed by atoms with Crippen molar-refractivity contribution in [3.05, 3.63) is 0 Å². The van der Waals surface area contributed by atoms with E-state index in [4.69, 9.17) is 4.74 Å². The second-order valence-electron chi connectivity index (χ2n) is 5.41. The van der Waals surface area contributed by atoms with Gasteiger partial charge in [0.2, 0.25) is 0 Å². The molecule has 2 fully saturated rings. The highest BCUT2D eigenvalue weighted by Crippen LogP contribution is 2.18. The van der Waals surface area contributed by atoms with Crippen molar-refractivity contribution in [2.75, 3.05) is 26.2 Å². The van der Waals surface area contributed by atoms with E-state index in [0.29, 0.717) is 6.04 Å². The third-order valence-corrected chi connectivity index (χ3v) is 3.94. The largest absolute Gasteiger partial charge is 0.368 e. The molecule has 4 heteroatoms. The summed E-state index contributed by atoms with van der Waals surface area (Å²) in [4.78, 5) is 14.3. The lowest BCUT2D eigenvalue weighted by Crippen LogP contribution is -2.49. The zero-order valence-corrected chi connectivity index (χ0v) is 11.5. The standard InChI is InChI=1S/C14H26N2O2/c1-2-8-15-12-6-9-16(10-7-12)14(17)13-5-3-4-11-18-13/h12-13,15H,2-11H2,1H3. The minimum Gasteiger partial charge on any atom is -0.368 e. The zero-order valence-electron chi connectivity index (χ0n) is 11.5. The summed E-state index contributed by atoms with van der Waals surface area (Å²) in [6.45, 7) is 5.81. The monoisotopic (exact) mass is 254 g/mol. The predicted octanol–water partition coefficient (Wildman–Crippen LogP) is 1.55. The number of hydrogen-bond acceptors (Lipinski definition) is 3.